The highest BCUT2D eigenvalue weighted by Gasteiger charge is 2.02. The summed E-state index contributed by atoms with van der Waals surface area (Å²) in [4.78, 5) is 4.44. The Morgan fingerprint density at radius 1 is 1.46 bits per heavy atom. The average Bonchev–Trinajstić information content (AvgIpc) is 2.58. The van der Waals surface area contributed by atoms with E-state index in [9.17, 15) is 0 Å². The van der Waals surface area contributed by atoms with Gasteiger partial charge in [-0.2, -0.15) is 0 Å². The molecule has 0 spiro atoms. The molecule has 0 fully saturated rings. The standard InChI is InChI=1S/C10H11NOS/c1-2-10-11-8-4-3-7(6-12)5-9(8)13-10/h3-5,12H,2,6H2,1H3. The Morgan fingerprint density at radius 3 is 3.00 bits per heavy atom. The van der Waals surface area contributed by atoms with Crippen molar-refractivity contribution in [3.05, 3.63) is 28.8 Å². The van der Waals surface area contributed by atoms with Crippen LogP contribution in [0.5, 0.6) is 0 Å². The molecule has 13 heavy (non-hydrogen) atoms. The van der Waals surface area contributed by atoms with Crippen molar-refractivity contribution in [3.63, 3.8) is 0 Å². The van der Waals surface area contributed by atoms with Crippen molar-refractivity contribution < 1.29 is 5.11 Å². The predicted molar refractivity (Wildman–Crippen MR) is 54.9 cm³/mol. The molecule has 3 heteroatoms. The second-order valence-corrected chi connectivity index (χ2v) is 4.04. The van der Waals surface area contributed by atoms with Gasteiger partial charge < -0.3 is 5.11 Å². The highest BCUT2D eigenvalue weighted by Crippen LogP contribution is 2.23. The zero-order valence-corrected chi connectivity index (χ0v) is 8.27. The molecule has 1 aromatic heterocycles. The SMILES string of the molecule is CCc1nc2ccc(CO)cc2s1. The number of nitrogens with zero attached hydrogens (tertiary/aromatic N) is 1. The van der Waals surface area contributed by atoms with Crippen LogP contribution in [0.4, 0.5) is 0 Å². The normalized spacial score (nSPS) is 10.9. The number of aliphatic hydroxyl groups is 1. The molecule has 0 aliphatic heterocycles. The third-order valence-corrected chi connectivity index (χ3v) is 3.14. The number of rotatable bonds is 2. The van der Waals surface area contributed by atoms with Gasteiger partial charge in [0.15, 0.2) is 0 Å². The largest absolute Gasteiger partial charge is 0.392 e. The molecular weight excluding hydrogens is 182 g/mol. The van der Waals surface area contributed by atoms with Gasteiger partial charge in [0.1, 0.15) is 0 Å². The van der Waals surface area contributed by atoms with Gasteiger partial charge in [0.05, 0.1) is 21.8 Å². The molecule has 2 aromatic rings. The van der Waals surface area contributed by atoms with Gasteiger partial charge >= 0.3 is 0 Å². The number of hydrogen-bond acceptors (Lipinski definition) is 3. The lowest BCUT2D eigenvalue weighted by Crippen LogP contribution is -1.80. The summed E-state index contributed by atoms with van der Waals surface area (Å²) in [5.74, 6) is 0. The fourth-order valence-corrected chi connectivity index (χ4v) is 2.24. The van der Waals surface area contributed by atoms with Crippen molar-refractivity contribution in [2.24, 2.45) is 0 Å². The first-order chi connectivity index (χ1) is 6.33. The molecule has 1 aromatic carbocycles. The van der Waals surface area contributed by atoms with Gasteiger partial charge in [-0.3, -0.25) is 0 Å². The minimum atomic E-state index is 0.106. The van der Waals surface area contributed by atoms with Crippen LogP contribution in [0.3, 0.4) is 0 Å². The van der Waals surface area contributed by atoms with E-state index >= 15 is 0 Å². The van der Waals surface area contributed by atoms with Crippen LogP contribution < -0.4 is 0 Å². The van der Waals surface area contributed by atoms with Crippen molar-refractivity contribution in [2.75, 3.05) is 0 Å². The summed E-state index contributed by atoms with van der Waals surface area (Å²) in [5.41, 5.74) is 2.00. The first-order valence-electron chi connectivity index (χ1n) is 4.32. The Balaban J connectivity index is 2.57. The molecule has 0 atom stereocenters. The Morgan fingerprint density at radius 2 is 2.31 bits per heavy atom. The average molecular weight is 193 g/mol. The Labute approximate surface area is 80.9 Å². The number of benzene rings is 1. The fourth-order valence-electron chi connectivity index (χ4n) is 1.27. The zero-order chi connectivity index (χ0) is 9.26. The van der Waals surface area contributed by atoms with Crippen molar-refractivity contribution in [1.29, 1.82) is 0 Å². The van der Waals surface area contributed by atoms with E-state index in [0.29, 0.717) is 0 Å². The Hall–Kier alpha value is -0.930. The lowest BCUT2D eigenvalue weighted by molar-refractivity contribution is 0.282. The van der Waals surface area contributed by atoms with E-state index in [2.05, 4.69) is 11.9 Å². The molecule has 1 heterocycles. The van der Waals surface area contributed by atoms with Crippen molar-refractivity contribution >= 4 is 21.6 Å². The van der Waals surface area contributed by atoms with Crippen molar-refractivity contribution in [3.8, 4) is 0 Å². The molecule has 0 aliphatic carbocycles. The van der Waals surface area contributed by atoms with Crippen LogP contribution in [0.1, 0.15) is 17.5 Å². The third-order valence-electron chi connectivity index (χ3n) is 1.98. The summed E-state index contributed by atoms with van der Waals surface area (Å²) in [7, 11) is 0. The van der Waals surface area contributed by atoms with Gasteiger partial charge in [0.2, 0.25) is 0 Å². The molecule has 68 valence electrons. The highest BCUT2D eigenvalue weighted by molar-refractivity contribution is 7.18. The minimum Gasteiger partial charge on any atom is -0.392 e. The van der Waals surface area contributed by atoms with Gasteiger partial charge in [-0.05, 0) is 24.1 Å². The molecule has 1 N–H and O–H groups in total. The summed E-state index contributed by atoms with van der Waals surface area (Å²) in [5, 5.41) is 10.1. The lowest BCUT2D eigenvalue weighted by atomic mass is 10.2. The maximum Gasteiger partial charge on any atom is 0.0935 e. The number of aliphatic hydroxyl groups excluding tert-OH is 1. The second-order valence-electron chi connectivity index (χ2n) is 2.92. The number of aryl methyl sites for hydroxylation is 1. The molecular formula is C10H11NOS. The smallest absolute Gasteiger partial charge is 0.0935 e. The van der Waals surface area contributed by atoms with Gasteiger partial charge in [0.25, 0.3) is 0 Å². The summed E-state index contributed by atoms with van der Waals surface area (Å²) < 4.78 is 1.17. The quantitative estimate of drug-likeness (QED) is 0.794. The van der Waals surface area contributed by atoms with E-state index in [-0.39, 0.29) is 6.61 Å². The van der Waals surface area contributed by atoms with Crippen LogP contribution in [0.25, 0.3) is 10.2 Å². The second kappa shape index (κ2) is 3.44. The van der Waals surface area contributed by atoms with Gasteiger partial charge in [-0.25, -0.2) is 4.98 Å². The molecule has 0 bridgehead atoms. The summed E-state index contributed by atoms with van der Waals surface area (Å²) in [6, 6.07) is 5.89. The molecule has 0 amide bonds. The van der Waals surface area contributed by atoms with Gasteiger partial charge in [-0.15, -0.1) is 11.3 Å². The zero-order valence-electron chi connectivity index (χ0n) is 7.45. The monoisotopic (exact) mass is 193 g/mol. The van der Waals surface area contributed by atoms with E-state index in [0.717, 1.165) is 22.5 Å². The summed E-state index contributed by atoms with van der Waals surface area (Å²) in [6.45, 7) is 2.21. The van der Waals surface area contributed by atoms with Crippen LogP contribution in [-0.4, -0.2) is 10.1 Å². The molecule has 2 nitrogen and oxygen atoms in total. The topological polar surface area (TPSA) is 33.1 Å². The number of aromatic nitrogens is 1. The number of thiazole rings is 1. The van der Waals surface area contributed by atoms with Crippen LogP contribution >= 0.6 is 11.3 Å². The summed E-state index contributed by atoms with van der Waals surface area (Å²) >= 11 is 1.70. The maximum absolute atomic E-state index is 8.95. The highest BCUT2D eigenvalue weighted by atomic mass is 32.1. The van der Waals surface area contributed by atoms with Gasteiger partial charge in [-0.1, -0.05) is 13.0 Å². The predicted octanol–water partition coefficient (Wildman–Crippen LogP) is 2.35. The Bertz CT molecular complexity index is 420. The van der Waals surface area contributed by atoms with E-state index in [1.54, 1.807) is 11.3 Å². The molecule has 2 rings (SSSR count). The molecule has 0 radical (unpaired) electrons. The van der Waals surface area contributed by atoms with E-state index < -0.39 is 0 Å². The van der Waals surface area contributed by atoms with E-state index in [1.807, 2.05) is 18.2 Å². The number of hydrogen-bond donors (Lipinski definition) is 1. The molecule has 0 unspecified atom stereocenters. The molecule has 0 saturated heterocycles. The first-order valence-corrected chi connectivity index (χ1v) is 5.14. The Kier molecular flexibility index (Phi) is 2.29. The fraction of sp³-hybridized carbons (Fsp3) is 0.300. The first kappa shape index (κ1) is 8.66. The van der Waals surface area contributed by atoms with Crippen LogP contribution in [0.15, 0.2) is 18.2 Å². The van der Waals surface area contributed by atoms with Crippen molar-refractivity contribution in [1.82, 2.24) is 4.98 Å². The third kappa shape index (κ3) is 1.57. The maximum atomic E-state index is 8.95. The molecule has 0 aliphatic rings. The summed E-state index contributed by atoms with van der Waals surface area (Å²) in [6.07, 6.45) is 0.980. The lowest BCUT2D eigenvalue weighted by Gasteiger charge is -1.92. The van der Waals surface area contributed by atoms with E-state index in [4.69, 9.17) is 5.11 Å². The van der Waals surface area contributed by atoms with Gasteiger partial charge in [0, 0.05) is 0 Å². The molecule has 0 saturated carbocycles. The van der Waals surface area contributed by atoms with Crippen LogP contribution in [-0.2, 0) is 13.0 Å². The van der Waals surface area contributed by atoms with E-state index in [1.165, 1.54) is 4.70 Å². The number of fused-ring (bicyclic) bond motifs is 1. The minimum absolute atomic E-state index is 0.106. The van der Waals surface area contributed by atoms with Crippen LogP contribution in [0.2, 0.25) is 0 Å². The van der Waals surface area contributed by atoms with Crippen LogP contribution in [0, 0.1) is 0 Å². The van der Waals surface area contributed by atoms with Crippen molar-refractivity contribution in [2.45, 2.75) is 20.0 Å².